The molecule has 1 aliphatic rings. The maximum absolute atomic E-state index is 11.8. The fourth-order valence-electron chi connectivity index (χ4n) is 2.30. The van der Waals surface area contributed by atoms with Crippen LogP contribution < -0.4 is 10.1 Å². The lowest BCUT2D eigenvalue weighted by Crippen LogP contribution is -2.35. The zero-order valence-electron chi connectivity index (χ0n) is 11.6. The van der Waals surface area contributed by atoms with E-state index in [4.69, 9.17) is 9.47 Å². The van der Waals surface area contributed by atoms with E-state index in [1.54, 1.807) is 24.3 Å². The van der Waals surface area contributed by atoms with Crippen molar-refractivity contribution in [2.24, 2.45) is 0 Å². The van der Waals surface area contributed by atoms with E-state index in [2.05, 4.69) is 5.32 Å². The first-order valence-corrected chi connectivity index (χ1v) is 6.79. The molecule has 0 saturated heterocycles. The Kier molecular flexibility index (Phi) is 4.98. The highest BCUT2D eigenvalue weighted by molar-refractivity contribution is 5.91. The molecule has 108 valence electrons. The van der Waals surface area contributed by atoms with Crippen LogP contribution in [0.4, 0.5) is 0 Å². The Bertz CT molecular complexity index is 481. The number of nitrogens with one attached hydrogen (secondary N) is 1. The molecule has 20 heavy (non-hydrogen) atoms. The molecule has 0 heterocycles. The van der Waals surface area contributed by atoms with E-state index < -0.39 is 5.97 Å². The molecule has 0 aliphatic heterocycles. The Hall–Kier alpha value is -2.04. The van der Waals surface area contributed by atoms with E-state index in [0.29, 0.717) is 11.3 Å². The molecule has 0 aromatic heterocycles. The van der Waals surface area contributed by atoms with Crippen LogP contribution in [0.1, 0.15) is 36.0 Å². The number of carbonyl (C=O) groups is 2. The molecule has 1 saturated carbocycles. The lowest BCUT2D eigenvalue weighted by Gasteiger charge is -2.12. The standard InChI is InChI=1S/C15H19NO4/c1-19-13-8-4-5-11(9-13)15(18)20-10-14(17)16-12-6-2-3-7-12/h4-5,8-9,12H,2-3,6-7,10H2,1H3,(H,16,17). The number of hydrogen-bond donors (Lipinski definition) is 1. The van der Waals surface area contributed by atoms with Crippen molar-refractivity contribution >= 4 is 11.9 Å². The van der Waals surface area contributed by atoms with Gasteiger partial charge in [0.05, 0.1) is 12.7 Å². The average Bonchev–Trinajstić information content (AvgIpc) is 2.97. The number of ether oxygens (including phenoxy) is 2. The fraction of sp³-hybridized carbons (Fsp3) is 0.467. The molecular formula is C15H19NO4. The van der Waals surface area contributed by atoms with Gasteiger partial charge < -0.3 is 14.8 Å². The number of methoxy groups -OCH3 is 1. The van der Waals surface area contributed by atoms with Crippen molar-refractivity contribution in [3.8, 4) is 5.75 Å². The van der Waals surface area contributed by atoms with E-state index >= 15 is 0 Å². The highest BCUT2D eigenvalue weighted by atomic mass is 16.5. The topological polar surface area (TPSA) is 64.6 Å². The highest BCUT2D eigenvalue weighted by Gasteiger charge is 2.18. The van der Waals surface area contributed by atoms with Crippen LogP contribution in [0.15, 0.2) is 24.3 Å². The molecule has 1 aliphatic carbocycles. The molecule has 0 radical (unpaired) electrons. The average molecular weight is 277 g/mol. The predicted molar refractivity (Wildman–Crippen MR) is 73.7 cm³/mol. The van der Waals surface area contributed by atoms with Crippen molar-refractivity contribution < 1.29 is 19.1 Å². The summed E-state index contributed by atoms with van der Waals surface area (Å²) in [6.45, 7) is -0.244. The van der Waals surface area contributed by atoms with E-state index in [1.165, 1.54) is 7.11 Å². The minimum Gasteiger partial charge on any atom is -0.497 e. The Morgan fingerprint density at radius 2 is 2.05 bits per heavy atom. The third-order valence-corrected chi connectivity index (χ3v) is 3.36. The third kappa shape index (κ3) is 3.98. The normalized spacial score (nSPS) is 14.8. The maximum atomic E-state index is 11.8. The summed E-state index contributed by atoms with van der Waals surface area (Å²) < 4.78 is 10.0. The maximum Gasteiger partial charge on any atom is 0.338 e. The molecule has 1 aromatic carbocycles. The lowest BCUT2D eigenvalue weighted by molar-refractivity contribution is -0.124. The first kappa shape index (κ1) is 14.4. The molecule has 0 atom stereocenters. The number of hydrogen-bond acceptors (Lipinski definition) is 4. The summed E-state index contributed by atoms with van der Waals surface area (Å²) >= 11 is 0. The second-order valence-electron chi connectivity index (χ2n) is 4.86. The summed E-state index contributed by atoms with van der Waals surface area (Å²) in [5, 5.41) is 2.87. The van der Waals surface area contributed by atoms with Crippen LogP contribution >= 0.6 is 0 Å². The van der Waals surface area contributed by atoms with E-state index in [-0.39, 0.29) is 18.6 Å². The van der Waals surface area contributed by atoms with Gasteiger partial charge in [0, 0.05) is 6.04 Å². The predicted octanol–water partition coefficient (Wildman–Crippen LogP) is 1.91. The van der Waals surface area contributed by atoms with Gasteiger partial charge in [0.25, 0.3) is 5.91 Å². The monoisotopic (exact) mass is 277 g/mol. The minimum absolute atomic E-state index is 0.234. The first-order chi connectivity index (χ1) is 9.69. The van der Waals surface area contributed by atoms with Gasteiger partial charge in [-0.3, -0.25) is 4.79 Å². The molecule has 0 bridgehead atoms. The number of carbonyl (C=O) groups excluding carboxylic acids is 2. The number of rotatable bonds is 5. The quantitative estimate of drug-likeness (QED) is 0.835. The van der Waals surface area contributed by atoms with Crippen molar-refractivity contribution in [1.29, 1.82) is 0 Å². The van der Waals surface area contributed by atoms with Crippen molar-refractivity contribution in [3.05, 3.63) is 29.8 Å². The Balaban J connectivity index is 1.80. The summed E-state index contributed by atoms with van der Waals surface area (Å²) in [5.74, 6) is -0.187. The largest absolute Gasteiger partial charge is 0.497 e. The molecule has 5 heteroatoms. The van der Waals surface area contributed by atoms with Crippen LogP contribution in [-0.4, -0.2) is 31.6 Å². The zero-order valence-corrected chi connectivity index (χ0v) is 11.6. The molecular weight excluding hydrogens is 258 g/mol. The SMILES string of the molecule is COc1cccc(C(=O)OCC(=O)NC2CCCC2)c1. The van der Waals surface area contributed by atoms with E-state index in [9.17, 15) is 9.59 Å². The molecule has 0 unspecified atom stereocenters. The summed E-state index contributed by atoms with van der Waals surface area (Å²) in [7, 11) is 1.53. The van der Waals surface area contributed by atoms with Crippen LogP contribution in [0.25, 0.3) is 0 Å². The Labute approximate surface area is 118 Å². The van der Waals surface area contributed by atoms with Crippen molar-refractivity contribution in [2.45, 2.75) is 31.7 Å². The first-order valence-electron chi connectivity index (χ1n) is 6.79. The van der Waals surface area contributed by atoms with Crippen LogP contribution in [0.2, 0.25) is 0 Å². The summed E-state index contributed by atoms with van der Waals surface area (Å²) in [5.41, 5.74) is 0.373. The summed E-state index contributed by atoms with van der Waals surface area (Å²) in [6, 6.07) is 6.88. The Morgan fingerprint density at radius 3 is 2.75 bits per heavy atom. The smallest absolute Gasteiger partial charge is 0.338 e. The van der Waals surface area contributed by atoms with E-state index in [0.717, 1.165) is 25.7 Å². The zero-order chi connectivity index (χ0) is 14.4. The van der Waals surface area contributed by atoms with Crippen molar-refractivity contribution in [2.75, 3.05) is 13.7 Å². The van der Waals surface area contributed by atoms with Crippen LogP contribution in [-0.2, 0) is 9.53 Å². The van der Waals surface area contributed by atoms with Crippen molar-refractivity contribution in [3.63, 3.8) is 0 Å². The van der Waals surface area contributed by atoms with Gasteiger partial charge in [-0.05, 0) is 31.0 Å². The fourth-order valence-corrected chi connectivity index (χ4v) is 2.30. The van der Waals surface area contributed by atoms with Gasteiger partial charge in [0.15, 0.2) is 6.61 Å². The van der Waals surface area contributed by atoms with Gasteiger partial charge in [0.2, 0.25) is 0 Å². The lowest BCUT2D eigenvalue weighted by atomic mass is 10.2. The van der Waals surface area contributed by atoms with Gasteiger partial charge >= 0.3 is 5.97 Å². The van der Waals surface area contributed by atoms with Gasteiger partial charge in [-0.15, -0.1) is 0 Å². The molecule has 5 nitrogen and oxygen atoms in total. The van der Waals surface area contributed by atoms with Crippen LogP contribution in [0, 0.1) is 0 Å². The summed E-state index contributed by atoms with van der Waals surface area (Å²) in [6.07, 6.45) is 4.31. The van der Waals surface area contributed by atoms with Crippen molar-refractivity contribution in [1.82, 2.24) is 5.32 Å². The second-order valence-corrected chi connectivity index (χ2v) is 4.86. The molecule has 2 rings (SSSR count). The van der Waals surface area contributed by atoms with Crippen LogP contribution in [0.3, 0.4) is 0 Å². The highest BCUT2D eigenvalue weighted by Crippen LogP contribution is 2.17. The Morgan fingerprint density at radius 1 is 1.30 bits per heavy atom. The molecule has 1 N–H and O–H groups in total. The molecule has 0 spiro atoms. The number of amides is 1. The number of benzene rings is 1. The second kappa shape index (κ2) is 6.93. The third-order valence-electron chi connectivity index (χ3n) is 3.36. The molecule has 1 amide bonds. The molecule has 1 fully saturated rings. The summed E-state index contributed by atoms with van der Waals surface area (Å²) in [4.78, 5) is 23.4. The van der Waals surface area contributed by atoms with Gasteiger partial charge in [0.1, 0.15) is 5.75 Å². The van der Waals surface area contributed by atoms with Gasteiger partial charge in [-0.2, -0.15) is 0 Å². The van der Waals surface area contributed by atoms with Crippen LogP contribution in [0.5, 0.6) is 5.75 Å². The van der Waals surface area contributed by atoms with Gasteiger partial charge in [-0.25, -0.2) is 4.79 Å². The minimum atomic E-state index is -0.523. The molecule has 1 aromatic rings. The number of esters is 1. The van der Waals surface area contributed by atoms with Gasteiger partial charge in [-0.1, -0.05) is 18.9 Å². The van der Waals surface area contributed by atoms with E-state index in [1.807, 2.05) is 0 Å².